The summed E-state index contributed by atoms with van der Waals surface area (Å²) in [5.74, 6) is -0.177. The first-order valence-corrected chi connectivity index (χ1v) is 15.3. The van der Waals surface area contributed by atoms with E-state index in [-0.39, 0.29) is 17.3 Å². The van der Waals surface area contributed by atoms with Gasteiger partial charge >= 0.3 is 0 Å². The van der Waals surface area contributed by atoms with E-state index in [1.54, 1.807) is 62.6 Å². The summed E-state index contributed by atoms with van der Waals surface area (Å²) in [5, 5.41) is 2.90. The summed E-state index contributed by atoms with van der Waals surface area (Å²) < 4.78 is 34.5. The monoisotopic (exact) mass is 579 g/mol. The third kappa shape index (κ3) is 8.33. The molecule has 1 N–H and O–H groups in total. The van der Waals surface area contributed by atoms with Gasteiger partial charge in [0.2, 0.25) is 11.8 Å². The van der Waals surface area contributed by atoms with Gasteiger partial charge in [0.25, 0.3) is 10.0 Å². The van der Waals surface area contributed by atoms with Gasteiger partial charge in [-0.2, -0.15) is 0 Å². The maximum atomic E-state index is 14.1. The molecule has 220 valence electrons. The van der Waals surface area contributed by atoms with Crippen molar-refractivity contribution < 1.29 is 22.7 Å². The predicted octanol–water partition coefficient (Wildman–Crippen LogP) is 5.15. The van der Waals surface area contributed by atoms with Crippen molar-refractivity contribution in [1.82, 2.24) is 10.2 Å². The van der Waals surface area contributed by atoms with Crippen molar-refractivity contribution in [2.75, 3.05) is 24.5 Å². The highest BCUT2D eigenvalue weighted by Gasteiger charge is 2.32. The average Bonchev–Trinajstić information content (AvgIpc) is 2.93. The van der Waals surface area contributed by atoms with Gasteiger partial charge in [-0.25, -0.2) is 8.42 Å². The van der Waals surface area contributed by atoms with Crippen LogP contribution in [-0.2, 0) is 26.2 Å². The molecule has 0 heterocycles. The van der Waals surface area contributed by atoms with Crippen LogP contribution in [0.1, 0.15) is 48.9 Å². The lowest BCUT2D eigenvalue weighted by atomic mass is 10.1. The van der Waals surface area contributed by atoms with E-state index in [1.165, 1.54) is 4.90 Å². The number of nitrogens with zero attached hydrogens (tertiary/aromatic N) is 2. The minimum absolute atomic E-state index is 0.0831. The highest BCUT2D eigenvalue weighted by atomic mass is 32.2. The molecule has 0 radical (unpaired) electrons. The molecular formula is C32H41N3O5S. The van der Waals surface area contributed by atoms with Crippen molar-refractivity contribution in [2.45, 2.75) is 64.9 Å². The minimum Gasteiger partial charge on any atom is -0.497 e. The van der Waals surface area contributed by atoms with Gasteiger partial charge < -0.3 is 15.0 Å². The van der Waals surface area contributed by atoms with Crippen LogP contribution in [-0.4, -0.2) is 51.4 Å². The number of anilines is 1. The van der Waals surface area contributed by atoms with Crippen LogP contribution in [0.5, 0.6) is 5.75 Å². The Bertz CT molecular complexity index is 1430. The number of hydrogen-bond donors (Lipinski definition) is 1. The van der Waals surface area contributed by atoms with Gasteiger partial charge in [-0.15, -0.1) is 0 Å². The topological polar surface area (TPSA) is 96.0 Å². The van der Waals surface area contributed by atoms with Crippen molar-refractivity contribution >= 4 is 27.5 Å². The molecule has 0 fully saturated rings. The first-order valence-electron chi connectivity index (χ1n) is 13.8. The van der Waals surface area contributed by atoms with Crippen LogP contribution in [0.2, 0.25) is 0 Å². The maximum Gasteiger partial charge on any atom is 0.264 e. The average molecular weight is 580 g/mol. The molecule has 0 bridgehead atoms. The Morgan fingerprint density at radius 1 is 0.927 bits per heavy atom. The molecule has 0 aliphatic rings. The summed E-state index contributed by atoms with van der Waals surface area (Å²) in [6.07, 6.45) is 1.74. The summed E-state index contributed by atoms with van der Waals surface area (Å²) in [6.45, 7) is 9.46. The molecule has 0 aliphatic heterocycles. The number of sulfonamides is 1. The van der Waals surface area contributed by atoms with E-state index >= 15 is 0 Å². The molecule has 1 atom stereocenters. The fourth-order valence-corrected chi connectivity index (χ4v) is 5.94. The fraction of sp³-hybridized carbons (Fsp3) is 0.375. The van der Waals surface area contributed by atoms with Crippen molar-refractivity contribution in [3.8, 4) is 5.75 Å². The number of rotatable bonds is 13. The number of nitrogens with one attached hydrogen (secondary N) is 1. The van der Waals surface area contributed by atoms with Crippen LogP contribution < -0.4 is 14.4 Å². The molecule has 8 nitrogen and oxygen atoms in total. The number of unbranched alkanes of at least 4 members (excludes halogenated alkanes) is 1. The second-order valence-electron chi connectivity index (χ2n) is 10.4. The predicted molar refractivity (Wildman–Crippen MR) is 163 cm³/mol. The highest BCUT2D eigenvalue weighted by molar-refractivity contribution is 7.92. The minimum atomic E-state index is -4.11. The van der Waals surface area contributed by atoms with Crippen molar-refractivity contribution in [3.05, 3.63) is 89.0 Å². The molecule has 41 heavy (non-hydrogen) atoms. The third-order valence-corrected chi connectivity index (χ3v) is 8.65. The Kier molecular flexibility index (Phi) is 10.9. The normalized spacial score (nSPS) is 12.0. The Hall–Kier alpha value is -3.85. The van der Waals surface area contributed by atoms with E-state index in [4.69, 9.17) is 4.74 Å². The summed E-state index contributed by atoms with van der Waals surface area (Å²) in [4.78, 5) is 28.7. The van der Waals surface area contributed by atoms with E-state index in [9.17, 15) is 18.0 Å². The third-order valence-electron chi connectivity index (χ3n) is 6.87. The van der Waals surface area contributed by atoms with Gasteiger partial charge in [0.05, 0.1) is 17.7 Å². The highest BCUT2D eigenvalue weighted by Crippen LogP contribution is 2.27. The standard InChI is InChI=1S/C32H41N3O5S/c1-7-8-16-33-32(37)26(5)34(21-27-10-9-11-29(20-27)40-6)31(36)22-35(28-18-24(3)17-25(4)19-28)41(38,39)30-14-12-23(2)13-15-30/h9-15,17-20,26H,7-8,16,21-22H2,1-6H3,(H,33,37)/t26-/m1/s1. The molecule has 0 spiro atoms. The number of hydrogen-bond acceptors (Lipinski definition) is 5. The van der Waals surface area contributed by atoms with Crippen LogP contribution in [0.3, 0.4) is 0 Å². The Morgan fingerprint density at radius 3 is 2.20 bits per heavy atom. The van der Waals surface area contributed by atoms with Crippen LogP contribution in [0.25, 0.3) is 0 Å². The second kappa shape index (κ2) is 14.2. The molecule has 3 aromatic carbocycles. The molecule has 0 unspecified atom stereocenters. The number of carbonyl (C=O) groups is 2. The van der Waals surface area contributed by atoms with E-state index in [0.29, 0.717) is 18.0 Å². The van der Waals surface area contributed by atoms with Gasteiger partial charge in [-0.1, -0.05) is 49.2 Å². The van der Waals surface area contributed by atoms with Crippen molar-refractivity contribution in [1.29, 1.82) is 0 Å². The molecule has 0 saturated heterocycles. The zero-order chi connectivity index (χ0) is 30.2. The maximum absolute atomic E-state index is 14.1. The fourth-order valence-electron chi connectivity index (χ4n) is 4.55. The number of benzene rings is 3. The van der Waals surface area contributed by atoms with Gasteiger partial charge in [0.1, 0.15) is 18.3 Å². The Morgan fingerprint density at radius 2 is 1.59 bits per heavy atom. The van der Waals surface area contributed by atoms with E-state index in [1.807, 2.05) is 45.9 Å². The van der Waals surface area contributed by atoms with Gasteiger partial charge in [0, 0.05) is 13.1 Å². The number of aryl methyl sites for hydroxylation is 3. The van der Waals surface area contributed by atoms with Crippen LogP contribution >= 0.6 is 0 Å². The first-order chi connectivity index (χ1) is 19.5. The largest absolute Gasteiger partial charge is 0.497 e. The molecule has 3 rings (SSSR count). The van der Waals surface area contributed by atoms with Gasteiger partial charge in [-0.05, 0) is 87.2 Å². The molecular weight excluding hydrogens is 538 g/mol. The van der Waals surface area contributed by atoms with Gasteiger partial charge in [0.15, 0.2) is 0 Å². The lowest BCUT2D eigenvalue weighted by Crippen LogP contribution is -2.51. The first kappa shape index (κ1) is 31.7. The zero-order valence-corrected chi connectivity index (χ0v) is 25.6. The molecule has 2 amide bonds. The van der Waals surface area contributed by atoms with Crippen LogP contribution in [0.4, 0.5) is 5.69 Å². The summed E-state index contributed by atoms with van der Waals surface area (Å²) in [7, 11) is -2.56. The van der Waals surface area contributed by atoms with Crippen LogP contribution in [0, 0.1) is 20.8 Å². The lowest BCUT2D eigenvalue weighted by Gasteiger charge is -2.32. The Balaban J connectivity index is 2.04. The second-order valence-corrected chi connectivity index (χ2v) is 12.2. The van der Waals surface area contributed by atoms with E-state index in [0.717, 1.165) is 39.4 Å². The molecule has 0 aliphatic carbocycles. The molecule has 0 aromatic heterocycles. The summed E-state index contributed by atoms with van der Waals surface area (Å²) >= 11 is 0. The summed E-state index contributed by atoms with van der Waals surface area (Å²) in [6, 6.07) is 18.4. The molecule has 3 aromatic rings. The number of ether oxygens (including phenoxy) is 1. The number of amides is 2. The Labute approximate surface area is 244 Å². The number of carbonyl (C=O) groups excluding carboxylic acids is 2. The number of methoxy groups -OCH3 is 1. The smallest absolute Gasteiger partial charge is 0.264 e. The van der Waals surface area contributed by atoms with Gasteiger partial charge in [-0.3, -0.25) is 13.9 Å². The molecule has 9 heteroatoms. The summed E-state index contributed by atoms with van der Waals surface area (Å²) in [5.41, 5.74) is 3.80. The van der Waals surface area contributed by atoms with Crippen molar-refractivity contribution in [2.24, 2.45) is 0 Å². The van der Waals surface area contributed by atoms with E-state index < -0.39 is 28.5 Å². The lowest BCUT2D eigenvalue weighted by molar-refractivity contribution is -0.139. The SMILES string of the molecule is CCCCNC(=O)[C@@H](C)N(Cc1cccc(OC)c1)C(=O)CN(c1cc(C)cc(C)c1)S(=O)(=O)c1ccc(C)cc1. The molecule has 0 saturated carbocycles. The van der Waals surface area contributed by atoms with E-state index in [2.05, 4.69) is 5.32 Å². The quantitative estimate of drug-likeness (QED) is 0.283. The van der Waals surface area contributed by atoms with Crippen molar-refractivity contribution in [3.63, 3.8) is 0 Å². The zero-order valence-electron chi connectivity index (χ0n) is 24.8. The van der Waals surface area contributed by atoms with Crippen LogP contribution in [0.15, 0.2) is 71.6 Å².